The highest BCUT2D eigenvalue weighted by atomic mass is 16.9. The van der Waals surface area contributed by atoms with E-state index in [4.69, 9.17) is 28.4 Å². The number of rotatable bonds is 2. The van der Waals surface area contributed by atoms with Crippen molar-refractivity contribution in [3.8, 4) is 0 Å². The summed E-state index contributed by atoms with van der Waals surface area (Å²) < 4.78 is 34.9. The van der Waals surface area contributed by atoms with Gasteiger partial charge in [0, 0.05) is 5.57 Å². The molecule has 130 valence electrons. The lowest BCUT2D eigenvalue weighted by Gasteiger charge is -2.43. The molecule has 0 aliphatic carbocycles. The second-order valence-corrected chi connectivity index (χ2v) is 7.16. The fourth-order valence-corrected chi connectivity index (χ4v) is 3.14. The van der Waals surface area contributed by atoms with Crippen LogP contribution in [0.15, 0.2) is 12.2 Å². The van der Waals surface area contributed by atoms with Crippen LogP contribution in [0.2, 0.25) is 0 Å². The Morgan fingerprint density at radius 1 is 1.13 bits per heavy atom. The van der Waals surface area contributed by atoms with E-state index >= 15 is 0 Å². The second-order valence-electron chi connectivity index (χ2n) is 7.16. The number of hydrogen-bond donors (Lipinski definition) is 0. The van der Waals surface area contributed by atoms with E-state index in [0.29, 0.717) is 5.57 Å². The van der Waals surface area contributed by atoms with Crippen molar-refractivity contribution >= 4 is 5.97 Å². The molecule has 0 bridgehead atoms. The van der Waals surface area contributed by atoms with Crippen LogP contribution in [0.1, 0.15) is 34.6 Å². The highest BCUT2D eigenvalue weighted by molar-refractivity contribution is 5.87. The molecule has 3 aliphatic heterocycles. The highest BCUT2D eigenvalue weighted by Crippen LogP contribution is 2.45. The molecule has 1 spiro atoms. The van der Waals surface area contributed by atoms with Crippen LogP contribution >= 0.6 is 0 Å². The molecule has 0 unspecified atom stereocenters. The minimum atomic E-state index is -1.21. The van der Waals surface area contributed by atoms with E-state index in [2.05, 4.69) is 6.58 Å². The lowest BCUT2D eigenvalue weighted by molar-refractivity contribution is -0.328. The normalized spacial score (nSPS) is 40.8. The van der Waals surface area contributed by atoms with Crippen molar-refractivity contribution in [1.82, 2.24) is 0 Å². The Bertz CT molecular complexity index is 525. The van der Waals surface area contributed by atoms with Gasteiger partial charge in [-0.05, 0) is 34.6 Å². The summed E-state index contributed by atoms with van der Waals surface area (Å²) in [6, 6.07) is 0. The summed E-state index contributed by atoms with van der Waals surface area (Å²) in [6.45, 7) is 12.8. The summed E-state index contributed by atoms with van der Waals surface area (Å²) in [7, 11) is 0. The first-order valence-electron chi connectivity index (χ1n) is 7.74. The number of fused-ring (bicyclic) bond motifs is 1. The first kappa shape index (κ1) is 16.9. The molecule has 7 nitrogen and oxygen atoms in total. The van der Waals surface area contributed by atoms with Crippen molar-refractivity contribution in [2.24, 2.45) is 0 Å². The van der Waals surface area contributed by atoms with Crippen LogP contribution in [0.4, 0.5) is 0 Å². The Hall–Kier alpha value is -0.990. The molecular weight excluding hydrogens is 304 g/mol. The van der Waals surface area contributed by atoms with Crippen molar-refractivity contribution in [2.45, 2.75) is 70.3 Å². The fourth-order valence-electron chi connectivity index (χ4n) is 3.14. The van der Waals surface area contributed by atoms with E-state index in [-0.39, 0.29) is 19.3 Å². The molecule has 0 radical (unpaired) electrons. The number of ether oxygens (including phenoxy) is 6. The summed E-state index contributed by atoms with van der Waals surface area (Å²) in [5.74, 6) is -3.36. The molecule has 3 aliphatic rings. The molecule has 3 heterocycles. The van der Waals surface area contributed by atoms with E-state index in [0.717, 1.165) is 0 Å². The standard InChI is InChI=1S/C16H24O7/c1-9(2)13(17)20-12-11-10(21-15(5,6)22-11)7-18-16(12)8-19-14(3,4)23-16/h10-12H,1,7-8H2,2-6H3/t10-,11-,12+,16+/m1/s1. The minimum absolute atomic E-state index is 0.140. The molecule has 0 amide bonds. The number of carbonyl (C=O) groups is 1. The van der Waals surface area contributed by atoms with Gasteiger partial charge in [-0.2, -0.15) is 0 Å². The van der Waals surface area contributed by atoms with Crippen LogP contribution in [0.3, 0.4) is 0 Å². The van der Waals surface area contributed by atoms with Crippen LogP contribution in [-0.4, -0.2) is 54.9 Å². The lowest BCUT2D eigenvalue weighted by Crippen LogP contribution is -2.63. The Morgan fingerprint density at radius 3 is 2.39 bits per heavy atom. The third kappa shape index (κ3) is 3.04. The van der Waals surface area contributed by atoms with Gasteiger partial charge in [-0.15, -0.1) is 0 Å². The summed E-state index contributed by atoms with van der Waals surface area (Å²) in [5.41, 5.74) is 0.290. The van der Waals surface area contributed by atoms with Crippen LogP contribution in [0.25, 0.3) is 0 Å². The van der Waals surface area contributed by atoms with Gasteiger partial charge in [0.1, 0.15) is 18.8 Å². The van der Waals surface area contributed by atoms with Crippen molar-refractivity contribution in [2.75, 3.05) is 13.2 Å². The summed E-state index contributed by atoms with van der Waals surface area (Å²) in [4.78, 5) is 12.1. The molecule has 23 heavy (non-hydrogen) atoms. The van der Waals surface area contributed by atoms with Gasteiger partial charge in [-0.3, -0.25) is 0 Å². The maximum Gasteiger partial charge on any atom is 0.333 e. The smallest absolute Gasteiger partial charge is 0.333 e. The highest BCUT2D eigenvalue weighted by Gasteiger charge is 2.64. The summed E-state index contributed by atoms with van der Waals surface area (Å²) >= 11 is 0. The molecule has 0 aromatic heterocycles. The van der Waals surface area contributed by atoms with Crippen molar-refractivity contribution in [3.63, 3.8) is 0 Å². The van der Waals surface area contributed by atoms with Gasteiger partial charge < -0.3 is 28.4 Å². The molecule has 0 aromatic rings. The number of esters is 1. The average Bonchev–Trinajstić information content (AvgIpc) is 2.89. The van der Waals surface area contributed by atoms with E-state index in [1.54, 1.807) is 20.8 Å². The van der Waals surface area contributed by atoms with Gasteiger partial charge in [0.15, 0.2) is 17.7 Å². The zero-order valence-corrected chi connectivity index (χ0v) is 14.2. The monoisotopic (exact) mass is 328 g/mol. The third-order valence-electron chi connectivity index (χ3n) is 4.07. The Kier molecular flexibility index (Phi) is 3.85. The molecule has 3 rings (SSSR count). The zero-order chi connectivity index (χ0) is 17.0. The molecule has 0 aromatic carbocycles. The fraction of sp³-hybridized carbons (Fsp3) is 0.812. The Balaban J connectivity index is 1.90. The first-order valence-corrected chi connectivity index (χ1v) is 7.74. The van der Waals surface area contributed by atoms with E-state index < -0.39 is 35.5 Å². The van der Waals surface area contributed by atoms with E-state index in [1.165, 1.54) is 0 Å². The van der Waals surface area contributed by atoms with Crippen molar-refractivity contribution < 1.29 is 33.2 Å². The van der Waals surface area contributed by atoms with E-state index in [9.17, 15) is 4.79 Å². The molecule has 0 N–H and O–H groups in total. The van der Waals surface area contributed by atoms with Crippen LogP contribution in [0.5, 0.6) is 0 Å². The topological polar surface area (TPSA) is 72.5 Å². The zero-order valence-electron chi connectivity index (χ0n) is 14.2. The van der Waals surface area contributed by atoms with Gasteiger partial charge >= 0.3 is 5.97 Å². The van der Waals surface area contributed by atoms with Crippen molar-refractivity contribution in [1.29, 1.82) is 0 Å². The van der Waals surface area contributed by atoms with Gasteiger partial charge in [0.05, 0.1) is 6.61 Å². The molecule has 4 atom stereocenters. The summed E-state index contributed by atoms with van der Waals surface area (Å²) in [6.07, 6.45) is -1.65. The average molecular weight is 328 g/mol. The maximum absolute atomic E-state index is 12.1. The summed E-state index contributed by atoms with van der Waals surface area (Å²) in [5, 5.41) is 0. The Labute approximate surface area is 135 Å². The maximum atomic E-state index is 12.1. The minimum Gasteiger partial charge on any atom is -0.450 e. The largest absolute Gasteiger partial charge is 0.450 e. The van der Waals surface area contributed by atoms with Gasteiger partial charge in [0.25, 0.3) is 0 Å². The van der Waals surface area contributed by atoms with Crippen LogP contribution in [0, 0.1) is 0 Å². The SMILES string of the molecule is C=C(C)C(=O)O[C@H]1[C@@H]2OC(C)(C)O[C@@H]2CO[C@]12COC(C)(C)O2. The van der Waals surface area contributed by atoms with Gasteiger partial charge in [0.2, 0.25) is 5.79 Å². The van der Waals surface area contributed by atoms with Gasteiger partial charge in [-0.25, -0.2) is 4.79 Å². The number of hydrogen-bond acceptors (Lipinski definition) is 7. The predicted molar refractivity (Wildman–Crippen MR) is 78.3 cm³/mol. The lowest BCUT2D eigenvalue weighted by atomic mass is 9.97. The molecular formula is C16H24O7. The van der Waals surface area contributed by atoms with Crippen LogP contribution in [-0.2, 0) is 33.2 Å². The molecule has 0 saturated carbocycles. The third-order valence-corrected chi connectivity index (χ3v) is 4.07. The van der Waals surface area contributed by atoms with Crippen LogP contribution < -0.4 is 0 Å². The predicted octanol–water partition coefficient (Wildman–Crippen LogP) is 1.50. The Morgan fingerprint density at radius 2 is 1.83 bits per heavy atom. The number of carbonyl (C=O) groups excluding carboxylic acids is 1. The quantitative estimate of drug-likeness (QED) is 0.562. The second kappa shape index (κ2) is 5.26. The van der Waals surface area contributed by atoms with Crippen molar-refractivity contribution in [3.05, 3.63) is 12.2 Å². The molecule has 3 saturated heterocycles. The van der Waals surface area contributed by atoms with E-state index in [1.807, 2.05) is 13.8 Å². The molecule has 3 fully saturated rings. The van der Waals surface area contributed by atoms with Gasteiger partial charge in [-0.1, -0.05) is 6.58 Å². The molecule has 7 heteroatoms. The first-order chi connectivity index (χ1) is 10.5.